The number of nitriles is 1. The molecule has 1 aromatic heterocycles. The molecule has 0 saturated carbocycles. The standard InChI is InChI=1S/C15H12N2/c1-12-4-6-13(7-5-12)15(8-9-16)14-3-2-10-17-11-14/h2-8,10-11H,1H3/b15-8+. The summed E-state index contributed by atoms with van der Waals surface area (Å²) in [4.78, 5) is 4.08. The summed E-state index contributed by atoms with van der Waals surface area (Å²) in [5.41, 5.74) is 4.10. The lowest BCUT2D eigenvalue weighted by Crippen LogP contribution is -1.88. The summed E-state index contributed by atoms with van der Waals surface area (Å²) in [7, 11) is 0. The van der Waals surface area contributed by atoms with E-state index in [1.54, 1.807) is 18.5 Å². The lowest BCUT2D eigenvalue weighted by atomic mass is 9.98. The van der Waals surface area contributed by atoms with Gasteiger partial charge in [-0.2, -0.15) is 5.26 Å². The van der Waals surface area contributed by atoms with Crippen LogP contribution in [0, 0.1) is 18.3 Å². The molecule has 0 N–H and O–H groups in total. The van der Waals surface area contributed by atoms with E-state index in [2.05, 4.69) is 11.1 Å². The lowest BCUT2D eigenvalue weighted by molar-refractivity contribution is 1.31. The van der Waals surface area contributed by atoms with E-state index >= 15 is 0 Å². The van der Waals surface area contributed by atoms with Gasteiger partial charge in [0.25, 0.3) is 0 Å². The second-order valence-corrected chi connectivity index (χ2v) is 3.79. The molecule has 0 fully saturated rings. The van der Waals surface area contributed by atoms with Gasteiger partial charge in [-0.3, -0.25) is 4.98 Å². The molecule has 0 aliphatic heterocycles. The average molecular weight is 220 g/mol. The number of pyridine rings is 1. The van der Waals surface area contributed by atoms with Gasteiger partial charge in [-0.25, -0.2) is 0 Å². The molecule has 0 spiro atoms. The summed E-state index contributed by atoms with van der Waals surface area (Å²) in [5, 5.41) is 8.87. The lowest BCUT2D eigenvalue weighted by Gasteiger charge is -2.06. The Morgan fingerprint density at radius 3 is 2.53 bits per heavy atom. The van der Waals surface area contributed by atoms with Gasteiger partial charge >= 0.3 is 0 Å². The number of benzene rings is 1. The Morgan fingerprint density at radius 2 is 1.94 bits per heavy atom. The van der Waals surface area contributed by atoms with E-state index in [-0.39, 0.29) is 0 Å². The van der Waals surface area contributed by atoms with Crippen molar-refractivity contribution in [2.75, 3.05) is 0 Å². The molecule has 17 heavy (non-hydrogen) atoms. The normalized spacial score (nSPS) is 10.9. The van der Waals surface area contributed by atoms with Gasteiger partial charge in [0.2, 0.25) is 0 Å². The zero-order valence-electron chi connectivity index (χ0n) is 9.59. The molecule has 2 heteroatoms. The summed E-state index contributed by atoms with van der Waals surface area (Å²) < 4.78 is 0. The van der Waals surface area contributed by atoms with Crippen molar-refractivity contribution in [3.63, 3.8) is 0 Å². The highest BCUT2D eigenvalue weighted by Crippen LogP contribution is 2.22. The summed E-state index contributed by atoms with van der Waals surface area (Å²) in [6, 6.07) is 14.0. The van der Waals surface area contributed by atoms with Crippen LogP contribution in [0.5, 0.6) is 0 Å². The van der Waals surface area contributed by atoms with E-state index in [0.717, 1.165) is 16.7 Å². The Balaban J connectivity index is 2.48. The summed E-state index contributed by atoms with van der Waals surface area (Å²) in [5.74, 6) is 0. The van der Waals surface area contributed by atoms with Crippen molar-refractivity contribution in [3.05, 3.63) is 71.6 Å². The molecular formula is C15H12N2. The Hall–Kier alpha value is -2.40. The van der Waals surface area contributed by atoms with Crippen molar-refractivity contribution >= 4 is 5.57 Å². The Kier molecular flexibility index (Phi) is 3.32. The van der Waals surface area contributed by atoms with Crippen molar-refractivity contribution in [1.82, 2.24) is 4.98 Å². The Bertz CT molecular complexity index is 560. The third-order valence-corrected chi connectivity index (χ3v) is 2.54. The summed E-state index contributed by atoms with van der Waals surface area (Å²) >= 11 is 0. The van der Waals surface area contributed by atoms with Crippen LogP contribution in [0.4, 0.5) is 0 Å². The van der Waals surface area contributed by atoms with Crippen LogP contribution >= 0.6 is 0 Å². The van der Waals surface area contributed by atoms with Gasteiger partial charge < -0.3 is 0 Å². The Morgan fingerprint density at radius 1 is 1.18 bits per heavy atom. The number of nitrogens with zero attached hydrogens (tertiary/aromatic N) is 2. The molecule has 0 saturated heterocycles. The summed E-state index contributed by atoms with van der Waals surface area (Å²) in [6.45, 7) is 2.04. The van der Waals surface area contributed by atoms with Gasteiger partial charge in [0, 0.05) is 29.6 Å². The number of aryl methyl sites for hydroxylation is 1. The van der Waals surface area contributed by atoms with Crippen LogP contribution < -0.4 is 0 Å². The molecule has 2 aromatic rings. The molecule has 1 aromatic carbocycles. The average Bonchev–Trinajstić information content (AvgIpc) is 2.38. The Labute approximate surface area is 101 Å². The molecule has 0 unspecified atom stereocenters. The zero-order valence-corrected chi connectivity index (χ0v) is 9.59. The third-order valence-electron chi connectivity index (χ3n) is 2.54. The quantitative estimate of drug-likeness (QED) is 0.728. The van der Waals surface area contributed by atoms with Crippen molar-refractivity contribution in [2.45, 2.75) is 6.92 Å². The van der Waals surface area contributed by atoms with E-state index < -0.39 is 0 Å². The molecular weight excluding hydrogens is 208 g/mol. The highest BCUT2D eigenvalue weighted by Gasteiger charge is 2.04. The number of rotatable bonds is 2. The third kappa shape index (κ3) is 2.59. The zero-order chi connectivity index (χ0) is 12.1. The van der Waals surface area contributed by atoms with Crippen molar-refractivity contribution in [3.8, 4) is 6.07 Å². The van der Waals surface area contributed by atoms with Gasteiger partial charge in [-0.05, 0) is 18.6 Å². The van der Waals surface area contributed by atoms with Gasteiger partial charge in [0.15, 0.2) is 0 Å². The maximum Gasteiger partial charge on any atom is 0.0918 e. The SMILES string of the molecule is Cc1ccc(/C(=C\C#N)c2cccnc2)cc1. The first kappa shape index (κ1) is 11.1. The van der Waals surface area contributed by atoms with E-state index in [0.29, 0.717) is 0 Å². The van der Waals surface area contributed by atoms with E-state index in [4.69, 9.17) is 5.26 Å². The second-order valence-electron chi connectivity index (χ2n) is 3.79. The van der Waals surface area contributed by atoms with Crippen LogP contribution in [-0.4, -0.2) is 4.98 Å². The minimum Gasteiger partial charge on any atom is -0.264 e. The van der Waals surface area contributed by atoms with Gasteiger partial charge in [0.1, 0.15) is 0 Å². The van der Waals surface area contributed by atoms with Crippen molar-refractivity contribution in [1.29, 1.82) is 5.26 Å². The molecule has 2 rings (SSSR count). The molecule has 2 nitrogen and oxygen atoms in total. The van der Waals surface area contributed by atoms with E-state index in [1.807, 2.05) is 43.3 Å². The second kappa shape index (κ2) is 5.09. The maximum absolute atomic E-state index is 8.87. The predicted octanol–water partition coefficient (Wildman–Crippen LogP) is 3.35. The molecule has 82 valence electrons. The fourth-order valence-electron chi connectivity index (χ4n) is 1.65. The van der Waals surface area contributed by atoms with Crippen LogP contribution in [0.1, 0.15) is 16.7 Å². The predicted molar refractivity (Wildman–Crippen MR) is 68.1 cm³/mol. The maximum atomic E-state index is 8.87. The van der Waals surface area contributed by atoms with Crippen LogP contribution in [-0.2, 0) is 0 Å². The van der Waals surface area contributed by atoms with E-state index in [9.17, 15) is 0 Å². The van der Waals surface area contributed by atoms with Crippen molar-refractivity contribution in [2.24, 2.45) is 0 Å². The van der Waals surface area contributed by atoms with Gasteiger partial charge in [-0.15, -0.1) is 0 Å². The number of hydrogen-bond acceptors (Lipinski definition) is 2. The monoisotopic (exact) mass is 220 g/mol. The van der Waals surface area contributed by atoms with Crippen LogP contribution in [0.25, 0.3) is 5.57 Å². The topological polar surface area (TPSA) is 36.7 Å². The van der Waals surface area contributed by atoms with Crippen LogP contribution in [0.3, 0.4) is 0 Å². The molecule has 0 atom stereocenters. The number of hydrogen-bond donors (Lipinski definition) is 0. The van der Waals surface area contributed by atoms with Crippen LogP contribution in [0.15, 0.2) is 54.9 Å². The first-order valence-corrected chi connectivity index (χ1v) is 5.38. The number of aromatic nitrogens is 1. The summed E-state index contributed by atoms with van der Waals surface area (Å²) in [6.07, 6.45) is 5.05. The molecule has 0 radical (unpaired) electrons. The highest BCUT2D eigenvalue weighted by molar-refractivity contribution is 5.80. The first-order chi connectivity index (χ1) is 8.31. The molecule has 0 aliphatic carbocycles. The minimum atomic E-state index is 0.903. The number of allylic oxidation sites excluding steroid dienone is 1. The molecule has 1 heterocycles. The van der Waals surface area contributed by atoms with Crippen LogP contribution in [0.2, 0.25) is 0 Å². The largest absolute Gasteiger partial charge is 0.264 e. The fraction of sp³-hybridized carbons (Fsp3) is 0.0667. The van der Waals surface area contributed by atoms with Crippen molar-refractivity contribution < 1.29 is 0 Å². The smallest absolute Gasteiger partial charge is 0.0918 e. The van der Waals surface area contributed by atoms with Gasteiger partial charge in [-0.1, -0.05) is 35.9 Å². The molecule has 0 amide bonds. The first-order valence-electron chi connectivity index (χ1n) is 5.38. The minimum absolute atomic E-state index is 0.903. The van der Waals surface area contributed by atoms with Gasteiger partial charge in [0.05, 0.1) is 6.07 Å². The molecule has 0 aliphatic rings. The highest BCUT2D eigenvalue weighted by atomic mass is 14.6. The van der Waals surface area contributed by atoms with E-state index in [1.165, 1.54) is 5.56 Å². The fourth-order valence-corrected chi connectivity index (χ4v) is 1.65. The molecule has 0 bridgehead atoms.